The highest BCUT2D eigenvalue weighted by molar-refractivity contribution is 7.21. The quantitative estimate of drug-likeness (QED) is 0.229. The van der Waals surface area contributed by atoms with E-state index in [0.29, 0.717) is 12.5 Å². The molecule has 0 unspecified atom stereocenters. The molecule has 0 saturated heterocycles. The fraction of sp³-hybridized carbons (Fsp3) is 0.355. The Morgan fingerprint density at radius 3 is 2.34 bits per heavy atom. The number of carbonyl (C=O) groups excluding carboxylic acids is 1. The first-order valence-corrected chi connectivity index (χ1v) is 14.5. The van der Waals surface area contributed by atoms with Crippen LogP contribution in [0.25, 0.3) is 21.2 Å². The topological polar surface area (TPSA) is 33.2 Å². The van der Waals surface area contributed by atoms with Crippen LogP contribution in [0.15, 0.2) is 54.9 Å². The van der Waals surface area contributed by atoms with Gasteiger partial charge in [0.2, 0.25) is 0 Å². The average Bonchev–Trinajstić information content (AvgIpc) is 3.32. The molecule has 38 heavy (non-hydrogen) atoms. The van der Waals surface area contributed by atoms with E-state index in [1.54, 1.807) is 12.4 Å². The lowest BCUT2D eigenvalue weighted by molar-refractivity contribution is 0.0592. The van der Waals surface area contributed by atoms with E-state index in [2.05, 4.69) is 37.0 Å². The van der Waals surface area contributed by atoms with Crippen molar-refractivity contribution in [3.8, 4) is 11.1 Å². The zero-order valence-corrected chi connectivity index (χ0v) is 23.2. The fourth-order valence-electron chi connectivity index (χ4n) is 5.62. The third-order valence-corrected chi connectivity index (χ3v) is 9.59. The molecule has 0 radical (unpaired) electrons. The minimum absolute atomic E-state index is 0.000459. The predicted octanol–water partition coefficient (Wildman–Crippen LogP) is 9.07. The summed E-state index contributed by atoms with van der Waals surface area (Å²) in [7, 11) is 0. The zero-order valence-electron chi connectivity index (χ0n) is 21.6. The maximum absolute atomic E-state index is 14.6. The number of aromatic nitrogens is 1. The number of benzene rings is 2. The van der Waals surface area contributed by atoms with Gasteiger partial charge in [-0.25, -0.2) is 8.78 Å². The molecule has 0 atom stereocenters. The summed E-state index contributed by atoms with van der Waals surface area (Å²) in [5.41, 5.74) is 4.36. The van der Waals surface area contributed by atoms with Gasteiger partial charge >= 0.3 is 0 Å². The second-order valence-electron chi connectivity index (χ2n) is 10.1. The smallest absolute Gasteiger partial charge is 0.266 e. The van der Waals surface area contributed by atoms with Crippen molar-refractivity contribution < 1.29 is 13.6 Å². The highest BCUT2D eigenvalue weighted by Gasteiger charge is 2.32. The SMILES string of the molecule is CCc1ccc(-c2ccncc2)cc1CN(C(=O)c1sc2c(F)ccc(F)c2c1Cl)C1CCC(CC)CC1. The van der Waals surface area contributed by atoms with Crippen LogP contribution in [0.3, 0.4) is 0 Å². The van der Waals surface area contributed by atoms with Gasteiger partial charge in [0.1, 0.15) is 16.5 Å². The normalized spacial score (nSPS) is 17.6. The first-order valence-electron chi connectivity index (χ1n) is 13.3. The Bertz CT molecular complexity index is 1450. The number of rotatable bonds is 7. The molecule has 1 fully saturated rings. The van der Waals surface area contributed by atoms with E-state index in [-0.39, 0.29) is 31.9 Å². The lowest BCUT2D eigenvalue weighted by Gasteiger charge is -2.37. The van der Waals surface area contributed by atoms with Crippen LogP contribution in [0.1, 0.15) is 66.8 Å². The van der Waals surface area contributed by atoms with Crippen LogP contribution in [0.4, 0.5) is 8.78 Å². The molecule has 1 amide bonds. The van der Waals surface area contributed by atoms with E-state index in [1.807, 2.05) is 17.0 Å². The molecule has 4 aromatic rings. The van der Waals surface area contributed by atoms with Crippen molar-refractivity contribution in [3.63, 3.8) is 0 Å². The molecule has 0 spiro atoms. The van der Waals surface area contributed by atoms with Gasteiger partial charge in [-0.3, -0.25) is 9.78 Å². The van der Waals surface area contributed by atoms with E-state index >= 15 is 0 Å². The molecule has 3 nitrogen and oxygen atoms in total. The van der Waals surface area contributed by atoms with Crippen molar-refractivity contribution >= 4 is 38.9 Å². The lowest BCUT2D eigenvalue weighted by Crippen LogP contribution is -2.42. The molecular weight excluding hydrogens is 522 g/mol. The van der Waals surface area contributed by atoms with Crippen molar-refractivity contribution in [3.05, 3.63) is 87.5 Å². The van der Waals surface area contributed by atoms with E-state index in [1.165, 1.54) is 5.56 Å². The fourth-order valence-corrected chi connectivity index (χ4v) is 7.13. The van der Waals surface area contributed by atoms with Gasteiger partial charge in [-0.05, 0) is 90.6 Å². The molecule has 0 N–H and O–H groups in total. The first kappa shape index (κ1) is 26.8. The average molecular weight is 553 g/mol. The van der Waals surface area contributed by atoms with Gasteiger partial charge < -0.3 is 4.90 Å². The van der Waals surface area contributed by atoms with E-state index in [4.69, 9.17) is 11.6 Å². The number of thiophene rings is 1. The molecule has 0 aliphatic heterocycles. The van der Waals surface area contributed by atoms with Crippen LogP contribution >= 0.6 is 22.9 Å². The zero-order chi connectivity index (χ0) is 26.8. The summed E-state index contributed by atoms with van der Waals surface area (Å²) < 4.78 is 29.3. The summed E-state index contributed by atoms with van der Waals surface area (Å²) in [6.07, 6.45) is 9.44. The van der Waals surface area contributed by atoms with Gasteiger partial charge in [-0.15, -0.1) is 11.3 Å². The van der Waals surface area contributed by atoms with Crippen LogP contribution < -0.4 is 0 Å². The van der Waals surface area contributed by atoms with Gasteiger partial charge in [0.25, 0.3) is 5.91 Å². The highest BCUT2D eigenvalue weighted by Crippen LogP contribution is 2.41. The Balaban J connectivity index is 1.56. The van der Waals surface area contributed by atoms with Gasteiger partial charge in [0, 0.05) is 25.0 Å². The number of hydrogen-bond donors (Lipinski definition) is 0. The molecule has 198 valence electrons. The van der Waals surface area contributed by atoms with Gasteiger partial charge in [0.15, 0.2) is 0 Å². The molecule has 2 aromatic carbocycles. The van der Waals surface area contributed by atoms with Gasteiger partial charge in [-0.1, -0.05) is 44.0 Å². The monoisotopic (exact) mass is 552 g/mol. The Kier molecular flexibility index (Phi) is 8.10. The Labute approximate surface area is 231 Å². The summed E-state index contributed by atoms with van der Waals surface area (Å²) in [5.74, 6) is -0.775. The maximum Gasteiger partial charge on any atom is 0.266 e. The van der Waals surface area contributed by atoms with E-state index in [9.17, 15) is 13.6 Å². The number of aryl methyl sites for hydroxylation is 1. The summed E-state index contributed by atoms with van der Waals surface area (Å²) in [4.78, 5) is 20.4. The van der Waals surface area contributed by atoms with E-state index in [0.717, 1.165) is 78.7 Å². The third-order valence-electron chi connectivity index (χ3n) is 7.91. The van der Waals surface area contributed by atoms with Crippen molar-refractivity contribution in [1.29, 1.82) is 0 Å². The van der Waals surface area contributed by atoms with Crippen LogP contribution in [-0.2, 0) is 13.0 Å². The third kappa shape index (κ3) is 5.21. The second kappa shape index (κ2) is 11.5. The maximum atomic E-state index is 14.6. The largest absolute Gasteiger partial charge is 0.331 e. The minimum atomic E-state index is -0.616. The number of amides is 1. The van der Waals surface area contributed by atoms with Crippen LogP contribution in [0, 0.1) is 17.6 Å². The number of carbonyl (C=O) groups is 1. The van der Waals surface area contributed by atoms with Crippen LogP contribution in [0.2, 0.25) is 5.02 Å². The summed E-state index contributed by atoms with van der Waals surface area (Å²) >= 11 is 7.52. The summed E-state index contributed by atoms with van der Waals surface area (Å²) in [6, 6.07) is 12.5. The van der Waals surface area contributed by atoms with Crippen molar-refractivity contribution in [2.45, 2.75) is 65.0 Å². The Hall–Kier alpha value is -2.83. The summed E-state index contributed by atoms with van der Waals surface area (Å²) in [6.45, 7) is 4.74. The number of halogens is 3. The number of nitrogens with zero attached hydrogens (tertiary/aromatic N) is 2. The van der Waals surface area contributed by atoms with Gasteiger partial charge in [-0.2, -0.15) is 0 Å². The Morgan fingerprint density at radius 1 is 0.974 bits per heavy atom. The molecule has 1 saturated carbocycles. The van der Waals surface area contributed by atoms with E-state index < -0.39 is 11.6 Å². The predicted molar refractivity (Wildman–Crippen MR) is 152 cm³/mol. The highest BCUT2D eigenvalue weighted by atomic mass is 35.5. The van der Waals surface area contributed by atoms with Crippen molar-refractivity contribution in [2.75, 3.05) is 0 Å². The molecule has 2 aromatic heterocycles. The standard InChI is InChI=1S/C31H31ClF2N2OS/c1-3-19-5-9-24(10-6-19)36(31(37)30-28(32)27-25(33)11-12-26(34)29(27)38-30)18-23-17-22(8-7-20(23)4-2)21-13-15-35-16-14-21/h7-8,11-17,19,24H,3-6,9-10,18H2,1-2H3. The van der Waals surface area contributed by atoms with Gasteiger partial charge in [0.05, 0.1) is 15.1 Å². The van der Waals surface area contributed by atoms with Crippen molar-refractivity contribution in [2.24, 2.45) is 5.92 Å². The van der Waals surface area contributed by atoms with Crippen molar-refractivity contribution in [1.82, 2.24) is 9.88 Å². The minimum Gasteiger partial charge on any atom is -0.331 e. The number of fused-ring (bicyclic) bond motifs is 1. The molecule has 0 bridgehead atoms. The molecule has 5 rings (SSSR count). The van der Waals surface area contributed by atoms with Crippen LogP contribution in [0.5, 0.6) is 0 Å². The Morgan fingerprint density at radius 2 is 1.68 bits per heavy atom. The number of hydrogen-bond acceptors (Lipinski definition) is 3. The second-order valence-corrected chi connectivity index (χ2v) is 11.5. The molecular formula is C31H31ClF2N2OS. The van der Waals surface area contributed by atoms with Crippen LogP contribution in [-0.4, -0.2) is 21.8 Å². The molecule has 2 heterocycles. The summed E-state index contributed by atoms with van der Waals surface area (Å²) in [5, 5.41) is -0.0101. The lowest BCUT2D eigenvalue weighted by atomic mass is 9.83. The molecule has 7 heteroatoms. The first-order chi connectivity index (χ1) is 18.4. The number of pyridine rings is 1. The molecule has 1 aliphatic carbocycles. The molecule has 1 aliphatic rings.